The van der Waals surface area contributed by atoms with Gasteiger partial charge in [-0.25, -0.2) is 0 Å². The molecule has 0 bridgehead atoms. The van der Waals surface area contributed by atoms with Crippen LogP contribution in [0.3, 0.4) is 0 Å². The summed E-state index contributed by atoms with van der Waals surface area (Å²) < 4.78 is 10.2. The number of anilines is 1. The molecule has 0 amide bonds. The minimum atomic E-state index is -1.03. The van der Waals surface area contributed by atoms with E-state index in [4.69, 9.17) is 14.6 Å². The van der Waals surface area contributed by atoms with Gasteiger partial charge in [-0.3, -0.25) is 4.79 Å². The topological polar surface area (TPSA) is 88.0 Å². The zero-order valence-electron chi connectivity index (χ0n) is 10.3. The van der Waals surface area contributed by atoms with Crippen LogP contribution in [0, 0.1) is 0 Å². The number of aliphatic hydroxyl groups excluding tert-OH is 1. The average molecular weight is 255 g/mol. The number of carbonyl (C=O) groups is 1. The Morgan fingerprint density at radius 3 is 2.56 bits per heavy atom. The second-order valence-corrected chi connectivity index (χ2v) is 3.70. The van der Waals surface area contributed by atoms with Gasteiger partial charge in [0, 0.05) is 18.3 Å². The van der Waals surface area contributed by atoms with Gasteiger partial charge in [-0.2, -0.15) is 0 Å². The van der Waals surface area contributed by atoms with Crippen molar-refractivity contribution in [2.75, 3.05) is 26.1 Å². The molecule has 0 saturated heterocycles. The van der Waals surface area contributed by atoms with Gasteiger partial charge in [-0.05, 0) is 12.1 Å². The lowest BCUT2D eigenvalue weighted by atomic mass is 10.2. The zero-order valence-corrected chi connectivity index (χ0v) is 10.3. The SMILES string of the molecule is COc1ccc(NCC(O)CC(=O)O)cc1OC. The van der Waals surface area contributed by atoms with Crippen LogP contribution >= 0.6 is 0 Å². The number of benzene rings is 1. The number of methoxy groups -OCH3 is 2. The molecule has 1 unspecified atom stereocenters. The van der Waals surface area contributed by atoms with E-state index in [1.54, 1.807) is 25.3 Å². The molecule has 0 heterocycles. The van der Waals surface area contributed by atoms with Crippen LogP contribution in [0.15, 0.2) is 18.2 Å². The molecule has 0 saturated carbocycles. The van der Waals surface area contributed by atoms with E-state index < -0.39 is 12.1 Å². The molecule has 6 nitrogen and oxygen atoms in total. The molecule has 18 heavy (non-hydrogen) atoms. The smallest absolute Gasteiger partial charge is 0.306 e. The highest BCUT2D eigenvalue weighted by Gasteiger charge is 2.10. The van der Waals surface area contributed by atoms with Gasteiger partial charge in [0.15, 0.2) is 11.5 Å². The van der Waals surface area contributed by atoms with Crippen molar-refractivity contribution in [3.8, 4) is 11.5 Å². The van der Waals surface area contributed by atoms with Crippen LogP contribution in [0.25, 0.3) is 0 Å². The van der Waals surface area contributed by atoms with Crippen LogP contribution in [0.5, 0.6) is 11.5 Å². The molecule has 0 aromatic heterocycles. The van der Waals surface area contributed by atoms with Crippen molar-refractivity contribution in [2.24, 2.45) is 0 Å². The van der Waals surface area contributed by atoms with E-state index in [0.29, 0.717) is 11.5 Å². The second kappa shape index (κ2) is 6.70. The quantitative estimate of drug-likeness (QED) is 0.672. The van der Waals surface area contributed by atoms with Crippen LogP contribution in [0.1, 0.15) is 6.42 Å². The first-order valence-corrected chi connectivity index (χ1v) is 5.42. The van der Waals surface area contributed by atoms with E-state index in [1.807, 2.05) is 0 Å². The monoisotopic (exact) mass is 255 g/mol. The van der Waals surface area contributed by atoms with Gasteiger partial charge in [0.25, 0.3) is 0 Å². The number of aliphatic hydroxyl groups is 1. The minimum Gasteiger partial charge on any atom is -0.493 e. The summed E-state index contributed by atoms with van der Waals surface area (Å²) in [5.41, 5.74) is 0.720. The molecule has 0 fully saturated rings. The van der Waals surface area contributed by atoms with Gasteiger partial charge in [0.05, 0.1) is 26.7 Å². The maximum absolute atomic E-state index is 10.4. The molecule has 1 aromatic carbocycles. The van der Waals surface area contributed by atoms with Crippen LogP contribution in [0.4, 0.5) is 5.69 Å². The Kier molecular flexibility index (Phi) is 5.26. The highest BCUT2D eigenvalue weighted by atomic mass is 16.5. The van der Waals surface area contributed by atoms with Crippen LogP contribution in [0.2, 0.25) is 0 Å². The first-order chi connectivity index (χ1) is 8.56. The number of ether oxygens (including phenoxy) is 2. The molecule has 0 radical (unpaired) electrons. The van der Waals surface area contributed by atoms with Crippen molar-refractivity contribution < 1.29 is 24.5 Å². The van der Waals surface area contributed by atoms with Gasteiger partial charge >= 0.3 is 5.97 Å². The number of aliphatic carboxylic acids is 1. The lowest BCUT2D eigenvalue weighted by Crippen LogP contribution is -2.22. The maximum Gasteiger partial charge on any atom is 0.306 e. The zero-order chi connectivity index (χ0) is 13.5. The third kappa shape index (κ3) is 4.14. The Balaban J connectivity index is 2.60. The fraction of sp³-hybridized carbons (Fsp3) is 0.417. The molecule has 100 valence electrons. The van der Waals surface area contributed by atoms with Gasteiger partial charge in [-0.15, -0.1) is 0 Å². The molecule has 1 aromatic rings. The summed E-state index contributed by atoms with van der Waals surface area (Å²) in [6, 6.07) is 5.20. The number of carboxylic acids is 1. The van der Waals surface area contributed by atoms with Crippen molar-refractivity contribution in [2.45, 2.75) is 12.5 Å². The molecule has 0 aliphatic heterocycles. The highest BCUT2D eigenvalue weighted by molar-refractivity contribution is 5.67. The van der Waals surface area contributed by atoms with Crippen molar-refractivity contribution in [1.82, 2.24) is 0 Å². The third-order valence-electron chi connectivity index (χ3n) is 2.34. The summed E-state index contributed by atoms with van der Waals surface area (Å²) >= 11 is 0. The second-order valence-electron chi connectivity index (χ2n) is 3.70. The summed E-state index contributed by atoms with van der Waals surface area (Å²) in [6.07, 6.45) is -1.23. The molecule has 1 rings (SSSR count). The average Bonchev–Trinajstić information content (AvgIpc) is 2.35. The first-order valence-electron chi connectivity index (χ1n) is 5.42. The molecule has 1 atom stereocenters. The summed E-state index contributed by atoms with van der Waals surface area (Å²) in [5, 5.41) is 20.8. The van der Waals surface area contributed by atoms with Crippen molar-refractivity contribution >= 4 is 11.7 Å². The van der Waals surface area contributed by atoms with Crippen molar-refractivity contribution in [3.05, 3.63) is 18.2 Å². The number of hydrogen-bond acceptors (Lipinski definition) is 5. The molecule has 0 aliphatic carbocycles. The molecule has 3 N–H and O–H groups in total. The van der Waals surface area contributed by atoms with E-state index in [9.17, 15) is 9.90 Å². The summed E-state index contributed by atoms with van der Waals surface area (Å²) in [5.74, 6) is 0.140. The Morgan fingerprint density at radius 2 is 2.00 bits per heavy atom. The van der Waals surface area contributed by atoms with E-state index in [-0.39, 0.29) is 13.0 Å². The number of rotatable bonds is 7. The van der Waals surface area contributed by atoms with Gasteiger partial charge in [0.1, 0.15) is 0 Å². The predicted octanol–water partition coefficient (Wildman–Crippen LogP) is 0.951. The fourth-order valence-electron chi connectivity index (χ4n) is 1.46. The largest absolute Gasteiger partial charge is 0.493 e. The molecule has 0 spiro atoms. The minimum absolute atomic E-state index is 0.155. The van der Waals surface area contributed by atoms with E-state index >= 15 is 0 Å². The standard InChI is InChI=1S/C12H17NO5/c1-17-10-4-3-8(5-11(10)18-2)13-7-9(14)6-12(15)16/h3-5,9,13-14H,6-7H2,1-2H3,(H,15,16). The summed E-state index contributed by atoms with van der Waals surface area (Å²) in [7, 11) is 3.07. The number of nitrogens with one attached hydrogen (secondary N) is 1. The first kappa shape index (κ1) is 14.1. The molecular formula is C12H17NO5. The Labute approximate surface area is 105 Å². The predicted molar refractivity (Wildman–Crippen MR) is 66.3 cm³/mol. The molecule has 6 heteroatoms. The lowest BCUT2D eigenvalue weighted by Gasteiger charge is -2.13. The Morgan fingerprint density at radius 1 is 1.33 bits per heavy atom. The van der Waals surface area contributed by atoms with Crippen LogP contribution < -0.4 is 14.8 Å². The number of hydrogen-bond donors (Lipinski definition) is 3. The van der Waals surface area contributed by atoms with Gasteiger partial charge in [0.2, 0.25) is 0 Å². The number of carboxylic acid groups (broad SMARTS) is 1. The summed E-state index contributed by atoms with van der Waals surface area (Å²) in [6.45, 7) is 0.155. The lowest BCUT2D eigenvalue weighted by molar-refractivity contribution is -0.138. The summed E-state index contributed by atoms with van der Waals surface area (Å²) in [4.78, 5) is 10.4. The Hall–Kier alpha value is -1.95. The van der Waals surface area contributed by atoms with E-state index in [2.05, 4.69) is 5.32 Å². The van der Waals surface area contributed by atoms with Gasteiger partial charge in [-0.1, -0.05) is 0 Å². The highest BCUT2D eigenvalue weighted by Crippen LogP contribution is 2.29. The fourth-order valence-corrected chi connectivity index (χ4v) is 1.46. The third-order valence-corrected chi connectivity index (χ3v) is 2.34. The van der Waals surface area contributed by atoms with Crippen LogP contribution in [-0.4, -0.2) is 43.1 Å². The normalized spacial score (nSPS) is 11.7. The van der Waals surface area contributed by atoms with E-state index in [1.165, 1.54) is 7.11 Å². The van der Waals surface area contributed by atoms with Crippen molar-refractivity contribution in [3.63, 3.8) is 0 Å². The van der Waals surface area contributed by atoms with Crippen LogP contribution in [-0.2, 0) is 4.79 Å². The Bertz CT molecular complexity index is 407. The molecule has 0 aliphatic rings. The van der Waals surface area contributed by atoms with E-state index in [0.717, 1.165) is 5.69 Å². The van der Waals surface area contributed by atoms with Crippen molar-refractivity contribution in [1.29, 1.82) is 0 Å². The maximum atomic E-state index is 10.4. The molecular weight excluding hydrogens is 238 g/mol. The van der Waals surface area contributed by atoms with Gasteiger partial charge < -0.3 is 25.0 Å².